The lowest BCUT2D eigenvalue weighted by atomic mass is 9.92. The van der Waals surface area contributed by atoms with E-state index < -0.39 is 0 Å². The molecule has 1 heteroatoms. The van der Waals surface area contributed by atoms with E-state index >= 15 is 0 Å². The van der Waals surface area contributed by atoms with Gasteiger partial charge in [0.05, 0.1) is 10.9 Å². The highest BCUT2D eigenvalue weighted by Gasteiger charge is 2.15. The number of nitrogens with zero attached hydrogens (tertiary/aromatic N) is 1. The van der Waals surface area contributed by atoms with E-state index in [0.29, 0.717) is 0 Å². The molecule has 0 N–H and O–H groups in total. The van der Waals surface area contributed by atoms with Gasteiger partial charge in [0.2, 0.25) is 0 Å². The Morgan fingerprint density at radius 1 is 0.638 bits per heavy atom. The predicted octanol–water partition coefficient (Wildman–Crippen LogP) is 11.4. The van der Waals surface area contributed by atoms with E-state index in [9.17, 15) is 0 Å². The Morgan fingerprint density at radius 3 is 1.87 bits per heavy atom. The Kier molecular flexibility index (Phi) is 7.83. The molecule has 0 aliphatic heterocycles. The zero-order valence-electron chi connectivity index (χ0n) is 27.6. The average Bonchev–Trinajstić information content (AvgIpc) is 3.41. The monoisotopic (exact) mass is 605 g/mol. The smallest absolute Gasteiger partial charge is 0.0541 e. The summed E-state index contributed by atoms with van der Waals surface area (Å²) >= 11 is 0. The van der Waals surface area contributed by atoms with Crippen LogP contribution in [0.5, 0.6) is 0 Å². The fraction of sp³-hybridized carbons (Fsp3) is 0.0870. The van der Waals surface area contributed by atoms with Crippen LogP contribution in [0.4, 0.5) is 0 Å². The zero-order valence-corrected chi connectivity index (χ0v) is 27.6. The van der Waals surface area contributed by atoms with Crippen LogP contribution >= 0.6 is 0 Å². The summed E-state index contributed by atoms with van der Waals surface area (Å²) in [5.74, 6) is 0. The third-order valence-corrected chi connectivity index (χ3v) is 9.39. The topological polar surface area (TPSA) is 4.93 Å². The summed E-state index contributed by atoms with van der Waals surface area (Å²) in [4.78, 5) is 0. The van der Waals surface area contributed by atoms with Crippen molar-refractivity contribution in [2.24, 2.45) is 0 Å². The van der Waals surface area contributed by atoms with Crippen molar-refractivity contribution in [3.63, 3.8) is 0 Å². The maximum Gasteiger partial charge on any atom is 0.0541 e. The molecule has 0 amide bonds. The first-order chi connectivity index (χ1) is 22.9. The molecule has 0 aliphatic rings. The summed E-state index contributed by atoms with van der Waals surface area (Å²) < 4.78 is 2.39. The van der Waals surface area contributed by atoms with Crippen molar-refractivity contribution in [3.8, 4) is 16.8 Å². The highest BCUT2D eigenvalue weighted by molar-refractivity contribution is 6.25. The maximum absolute atomic E-state index is 4.10. The summed E-state index contributed by atoms with van der Waals surface area (Å²) in [6.07, 6.45) is 12.3. The van der Waals surface area contributed by atoms with Gasteiger partial charge in [-0.05, 0) is 124 Å². The molecule has 7 aromatic rings. The van der Waals surface area contributed by atoms with E-state index in [1.165, 1.54) is 81.8 Å². The second-order valence-corrected chi connectivity index (χ2v) is 12.4. The molecule has 1 aromatic heterocycles. The van der Waals surface area contributed by atoms with Crippen molar-refractivity contribution < 1.29 is 0 Å². The number of allylic oxidation sites excluding steroid dienone is 6. The number of aryl methyl sites for hydroxylation is 1. The van der Waals surface area contributed by atoms with E-state index in [1.54, 1.807) is 0 Å². The Hall–Kier alpha value is -5.66. The molecule has 0 atom stereocenters. The standard InChI is InChI=1S/C46H39N/c1-7-10-16-36(30(4)5)42-27-32(22-21-31(42)6)33-23-26-46-44(28-33)35(9-3)45(15-8-2)47(46)34-24-25-41-39-19-12-11-17-37(39)38-18-13-14-20-40(38)43(41)29-34/h7-29H,1-2H2,3-6H3/b16-10-,35-9-,45-15+. The number of fused-ring (bicyclic) bond motifs is 7. The fourth-order valence-corrected chi connectivity index (χ4v) is 7.19. The molecule has 7 rings (SSSR count). The molecule has 1 heterocycles. The van der Waals surface area contributed by atoms with Gasteiger partial charge < -0.3 is 4.57 Å². The zero-order chi connectivity index (χ0) is 32.7. The predicted molar refractivity (Wildman–Crippen MR) is 208 cm³/mol. The van der Waals surface area contributed by atoms with Crippen LogP contribution < -0.4 is 10.6 Å². The first-order valence-corrected chi connectivity index (χ1v) is 16.3. The quantitative estimate of drug-likeness (QED) is 0.131. The lowest BCUT2D eigenvalue weighted by Gasteiger charge is -2.14. The van der Waals surface area contributed by atoms with Gasteiger partial charge in [-0.3, -0.25) is 0 Å². The SMILES string of the molecule is C=C/C=C\C(=C(C)C)c1cc(-c2ccc3c(c2)c(=C/C)/c(=C\C=C)n3-c2ccc3c4ccccc4c4ccccc4c3c2)ccc1C. The molecule has 0 fully saturated rings. The van der Waals surface area contributed by atoms with Gasteiger partial charge in [-0.2, -0.15) is 0 Å². The maximum atomic E-state index is 4.10. The van der Waals surface area contributed by atoms with Crippen LogP contribution in [0, 0.1) is 6.92 Å². The van der Waals surface area contributed by atoms with E-state index in [-0.39, 0.29) is 0 Å². The third kappa shape index (κ3) is 5.05. The van der Waals surface area contributed by atoms with Gasteiger partial charge in [-0.1, -0.05) is 122 Å². The number of rotatable bonds is 6. The van der Waals surface area contributed by atoms with Crippen LogP contribution in [0.3, 0.4) is 0 Å². The van der Waals surface area contributed by atoms with Crippen LogP contribution in [0.2, 0.25) is 0 Å². The summed E-state index contributed by atoms with van der Waals surface area (Å²) in [6.45, 7) is 16.6. The lowest BCUT2D eigenvalue weighted by Crippen LogP contribution is -2.27. The summed E-state index contributed by atoms with van der Waals surface area (Å²) in [6, 6.07) is 38.1. The summed E-state index contributed by atoms with van der Waals surface area (Å²) in [5.41, 5.74) is 9.72. The summed E-state index contributed by atoms with van der Waals surface area (Å²) in [7, 11) is 0. The minimum absolute atomic E-state index is 1.13. The Labute approximate surface area is 277 Å². The Bertz CT molecular complexity index is 2540. The normalized spacial score (nSPS) is 12.6. The molecular formula is C46H39N. The summed E-state index contributed by atoms with van der Waals surface area (Å²) in [5, 5.41) is 11.2. The van der Waals surface area contributed by atoms with Crippen molar-refractivity contribution >= 4 is 60.9 Å². The number of aromatic nitrogens is 1. The van der Waals surface area contributed by atoms with Gasteiger partial charge in [0.25, 0.3) is 0 Å². The van der Waals surface area contributed by atoms with E-state index in [4.69, 9.17) is 0 Å². The molecule has 47 heavy (non-hydrogen) atoms. The van der Waals surface area contributed by atoms with Crippen LogP contribution in [0.15, 0.2) is 146 Å². The van der Waals surface area contributed by atoms with Gasteiger partial charge in [0, 0.05) is 16.3 Å². The van der Waals surface area contributed by atoms with E-state index in [2.05, 4.69) is 167 Å². The molecule has 228 valence electrons. The van der Waals surface area contributed by atoms with Crippen molar-refractivity contribution in [2.75, 3.05) is 0 Å². The first kappa shape index (κ1) is 30.0. The molecule has 0 saturated heterocycles. The van der Waals surface area contributed by atoms with Gasteiger partial charge >= 0.3 is 0 Å². The largest absolute Gasteiger partial charge is 0.309 e. The Morgan fingerprint density at radius 2 is 1.26 bits per heavy atom. The molecule has 0 bridgehead atoms. The van der Waals surface area contributed by atoms with Gasteiger partial charge in [-0.15, -0.1) is 0 Å². The molecule has 0 unspecified atom stereocenters. The minimum Gasteiger partial charge on any atom is -0.309 e. The fourth-order valence-electron chi connectivity index (χ4n) is 7.19. The van der Waals surface area contributed by atoms with E-state index in [1.807, 2.05) is 18.2 Å². The van der Waals surface area contributed by atoms with Crippen LogP contribution in [0.1, 0.15) is 31.9 Å². The minimum atomic E-state index is 1.13. The molecule has 0 radical (unpaired) electrons. The van der Waals surface area contributed by atoms with Crippen molar-refractivity contribution in [2.45, 2.75) is 27.7 Å². The van der Waals surface area contributed by atoms with Crippen LogP contribution in [-0.2, 0) is 0 Å². The third-order valence-electron chi connectivity index (χ3n) is 9.39. The second kappa shape index (κ2) is 12.3. The van der Waals surface area contributed by atoms with Crippen molar-refractivity contribution in [1.29, 1.82) is 0 Å². The van der Waals surface area contributed by atoms with E-state index in [0.717, 1.165) is 11.0 Å². The van der Waals surface area contributed by atoms with Crippen LogP contribution in [0.25, 0.3) is 77.8 Å². The average molecular weight is 606 g/mol. The molecule has 6 aromatic carbocycles. The highest BCUT2D eigenvalue weighted by atomic mass is 15.0. The highest BCUT2D eigenvalue weighted by Crippen LogP contribution is 2.36. The molecule has 0 aliphatic carbocycles. The number of hydrogen-bond donors (Lipinski definition) is 0. The molecular weight excluding hydrogens is 567 g/mol. The molecule has 0 spiro atoms. The van der Waals surface area contributed by atoms with Crippen molar-refractivity contribution in [3.05, 3.63) is 168 Å². The van der Waals surface area contributed by atoms with Gasteiger partial charge in [0.15, 0.2) is 0 Å². The number of hydrogen-bond acceptors (Lipinski definition) is 0. The molecule has 1 nitrogen and oxygen atoms in total. The number of benzene rings is 6. The van der Waals surface area contributed by atoms with Crippen LogP contribution in [-0.4, -0.2) is 4.57 Å². The molecule has 0 saturated carbocycles. The first-order valence-electron chi connectivity index (χ1n) is 16.3. The lowest BCUT2D eigenvalue weighted by molar-refractivity contribution is 1.07. The Balaban J connectivity index is 1.48. The van der Waals surface area contributed by atoms with Gasteiger partial charge in [-0.25, -0.2) is 0 Å². The van der Waals surface area contributed by atoms with Crippen molar-refractivity contribution in [1.82, 2.24) is 4.57 Å². The van der Waals surface area contributed by atoms with Gasteiger partial charge in [0.1, 0.15) is 0 Å². The second-order valence-electron chi connectivity index (χ2n) is 12.4.